The molecule has 2 aromatic heterocycles. The number of pyridine rings is 2. The third-order valence-corrected chi connectivity index (χ3v) is 4.81. The predicted molar refractivity (Wildman–Crippen MR) is 96.4 cm³/mol. The van der Waals surface area contributed by atoms with Gasteiger partial charge in [0.05, 0.1) is 16.8 Å². The highest BCUT2D eigenvalue weighted by Crippen LogP contribution is 2.41. The molecule has 0 saturated carbocycles. The van der Waals surface area contributed by atoms with Crippen LogP contribution in [-0.4, -0.2) is 48.7 Å². The van der Waals surface area contributed by atoms with E-state index in [1.165, 1.54) is 12.3 Å². The van der Waals surface area contributed by atoms with Gasteiger partial charge in [0.25, 0.3) is 6.43 Å². The second-order valence-electron chi connectivity index (χ2n) is 6.74. The summed E-state index contributed by atoms with van der Waals surface area (Å²) in [4.78, 5) is 21.4. The van der Waals surface area contributed by atoms with E-state index in [9.17, 15) is 26.7 Å². The van der Waals surface area contributed by atoms with Crippen molar-refractivity contribution in [3.63, 3.8) is 0 Å². The van der Waals surface area contributed by atoms with Crippen LogP contribution in [0, 0.1) is 0 Å². The van der Waals surface area contributed by atoms with Crippen molar-refractivity contribution in [1.29, 1.82) is 0 Å². The number of carbonyl (C=O) groups is 1. The summed E-state index contributed by atoms with van der Waals surface area (Å²) in [5.41, 5.74) is -1.36. The first-order valence-corrected chi connectivity index (χ1v) is 9.04. The number of nitrogens with zero attached hydrogens (tertiary/aromatic N) is 3. The predicted octanol–water partition coefficient (Wildman–Crippen LogP) is 3.44. The molecular weight excluding hydrogens is 413 g/mol. The minimum Gasteiger partial charge on any atom is -0.435 e. The van der Waals surface area contributed by atoms with Gasteiger partial charge in [-0.1, -0.05) is 0 Å². The summed E-state index contributed by atoms with van der Waals surface area (Å²) in [5.74, 6) is -0.113. The lowest BCUT2D eigenvalue weighted by Crippen LogP contribution is -2.44. The molecule has 30 heavy (non-hydrogen) atoms. The summed E-state index contributed by atoms with van der Waals surface area (Å²) in [6, 6.07) is 3.00. The number of halogens is 5. The molecule has 2 N–H and O–H groups in total. The van der Waals surface area contributed by atoms with Crippen molar-refractivity contribution in [1.82, 2.24) is 15.3 Å². The van der Waals surface area contributed by atoms with Crippen LogP contribution in [0.1, 0.15) is 17.2 Å². The largest absolute Gasteiger partial charge is 0.435 e. The molecule has 0 radical (unpaired) electrons. The van der Waals surface area contributed by atoms with Gasteiger partial charge in [0, 0.05) is 37.9 Å². The number of anilines is 2. The maximum atomic E-state index is 13.6. The summed E-state index contributed by atoms with van der Waals surface area (Å²) in [5, 5.41) is 5.30. The number of hydrogen-bond acceptors (Lipinski definition) is 6. The van der Waals surface area contributed by atoms with E-state index in [0.29, 0.717) is 26.2 Å². The second kappa shape index (κ2) is 7.67. The van der Waals surface area contributed by atoms with Gasteiger partial charge >= 0.3 is 12.3 Å². The van der Waals surface area contributed by atoms with E-state index >= 15 is 0 Å². The quantitative estimate of drug-likeness (QED) is 0.728. The Hall–Kier alpha value is -3.02. The highest BCUT2D eigenvalue weighted by molar-refractivity contribution is 5.89. The number of nitrogens with one attached hydrogen (secondary N) is 2. The maximum Gasteiger partial charge on any atom is 0.416 e. The van der Waals surface area contributed by atoms with Gasteiger partial charge < -0.3 is 15.0 Å². The van der Waals surface area contributed by atoms with Crippen LogP contribution < -0.4 is 15.5 Å². The maximum absolute atomic E-state index is 13.6. The molecule has 2 aliphatic rings. The number of rotatable bonds is 3. The first kappa shape index (κ1) is 20.3. The molecule has 160 valence electrons. The monoisotopic (exact) mass is 429 g/mol. The van der Waals surface area contributed by atoms with Crippen LogP contribution in [0.15, 0.2) is 24.4 Å². The number of fused-ring (bicyclic) bond motifs is 1. The smallest absolute Gasteiger partial charge is 0.416 e. The number of aromatic nitrogens is 2. The molecule has 0 unspecified atom stereocenters. The zero-order valence-electron chi connectivity index (χ0n) is 15.3. The molecule has 1 saturated heterocycles. The van der Waals surface area contributed by atoms with Crippen molar-refractivity contribution < 1.29 is 31.5 Å². The van der Waals surface area contributed by atoms with E-state index in [1.54, 1.807) is 4.90 Å². The van der Waals surface area contributed by atoms with Crippen LogP contribution in [0.4, 0.5) is 38.4 Å². The minimum absolute atomic E-state index is 0.0206. The summed E-state index contributed by atoms with van der Waals surface area (Å²) >= 11 is 0. The molecule has 0 bridgehead atoms. The van der Waals surface area contributed by atoms with Crippen LogP contribution >= 0.6 is 0 Å². The average Bonchev–Trinajstić information content (AvgIpc) is 2.72. The van der Waals surface area contributed by atoms with Crippen molar-refractivity contribution in [2.45, 2.75) is 18.7 Å². The van der Waals surface area contributed by atoms with E-state index < -0.39 is 30.4 Å². The summed E-state index contributed by atoms with van der Waals surface area (Å²) in [6.45, 7) is 2.04. The highest BCUT2D eigenvalue weighted by Gasteiger charge is 2.38. The van der Waals surface area contributed by atoms with Gasteiger partial charge in [-0.05, 0) is 18.2 Å². The van der Waals surface area contributed by atoms with E-state index in [-0.39, 0.29) is 28.5 Å². The second-order valence-corrected chi connectivity index (χ2v) is 6.74. The van der Waals surface area contributed by atoms with Gasteiger partial charge in [0.2, 0.25) is 0 Å². The molecule has 4 heterocycles. The Balaban J connectivity index is 1.88. The third-order valence-electron chi connectivity index (χ3n) is 4.81. The first-order valence-electron chi connectivity index (χ1n) is 9.04. The molecule has 0 aromatic carbocycles. The van der Waals surface area contributed by atoms with Gasteiger partial charge in [-0.15, -0.1) is 0 Å². The Morgan fingerprint density at radius 2 is 1.93 bits per heavy atom. The van der Waals surface area contributed by atoms with Gasteiger partial charge in [-0.25, -0.2) is 23.5 Å². The van der Waals surface area contributed by atoms with Gasteiger partial charge in [-0.3, -0.25) is 5.32 Å². The number of alkyl halides is 5. The lowest BCUT2D eigenvalue weighted by molar-refractivity contribution is -0.137. The fourth-order valence-corrected chi connectivity index (χ4v) is 3.44. The zero-order chi connectivity index (χ0) is 21.5. The van der Waals surface area contributed by atoms with E-state index in [2.05, 4.69) is 25.3 Å². The molecule has 2 aromatic rings. The van der Waals surface area contributed by atoms with Crippen molar-refractivity contribution in [3.05, 3.63) is 35.5 Å². The molecule has 4 rings (SSSR count). The Labute approximate surface area is 167 Å². The Bertz CT molecular complexity index is 962. The molecule has 1 amide bonds. The van der Waals surface area contributed by atoms with Gasteiger partial charge in [0.1, 0.15) is 11.6 Å². The standard InChI is InChI=1S/C18H16F5N5O2/c19-15(20)14-13-10(1-2-25-16(13)27-17(29)30-14)11-7-9(18(21,22)23)8-12(26-11)28-5-3-24-4-6-28/h1-2,7-8,14-15,24H,3-6H2,(H,25,27,29)/t14-/m0/s1. The van der Waals surface area contributed by atoms with Crippen molar-refractivity contribution in [2.75, 3.05) is 36.4 Å². The van der Waals surface area contributed by atoms with E-state index in [1.807, 2.05) is 0 Å². The van der Waals surface area contributed by atoms with Crippen molar-refractivity contribution in [2.24, 2.45) is 0 Å². The van der Waals surface area contributed by atoms with Crippen LogP contribution in [-0.2, 0) is 10.9 Å². The average molecular weight is 429 g/mol. The number of hydrogen-bond donors (Lipinski definition) is 2. The Morgan fingerprint density at radius 3 is 2.60 bits per heavy atom. The summed E-state index contributed by atoms with van der Waals surface area (Å²) in [6.07, 6.45) is -9.65. The molecule has 1 fully saturated rings. The summed E-state index contributed by atoms with van der Waals surface area (Å²) < 4.78 is 72.4. The van der Waals surface area contributed by atoms with Crippen LogP contribution in [0.5, 0.6) is 0 Å². The number of piperazine rings is 1. The van der Waals surface area contributed by atoms with E-state index in [0.717, 1.165) is 12.1 Å². The molecule has 0 spiro atoms. The lowest BCUT2D eigenvalue weighted by atomic mass is 9.98. The molecule has 2 aliphatic heterocycles. The first-order chi connectivity index (χ1) is 14.2. The molecule has 7 nitrogen and oxygen atoms in total. The Kier molecular flexibility index (Phi) is 5.18. The minimum atomic E-state index is -4.67. The topological polar surface area (TPSA) is 79.4 Å². The molecular formula is C18H16F5N5O2. The number of carbonyl (C=O) groups excluding carboxylic acids is 1. The van der Waals surface area contributed by atoms with Gasteiger partial charge in [-0.2, -0.15) is 13.2 Å². The third kappa shape index (κ3) is 3.86. The molecule has 12 heteroatoms. The van der Waals surface area contributed by atoms with Crippen LogP contribution in [0.25, 0.3) is 11.3 Å². The molecule has 0 aliphatic carbocycles. The van der Waals surface area contributed by atoms with Crippen LogP contribution in [0.2, 0.25) is 0 Å². The zero-order valence-corrected chi connectivity index (χ0v) is 15.3. The highest BCUT2D eigenvalue weighted by atomic mass is 19.4. The van der Waals surface area contributed by atoms with Crippen molar-refractivity contribution in [3.8, 4) is 11.3 Å². The van der Waals surface area contributed by atoms with Crippen molar-refractivity contribution >= 4 is 17.7 Å². The fraction of sp³-hybridized carbons (Fsp3) is 0.389. The summed E-state index contributed by atoms with van der Waals surface area (Å²) in [7, 11) is 0. The normalized spacial score (nSPS) is 19.3. The number of cyclic esters (lactones) is 1. The Morgan fingerprint density at radius 1 is 1.20 bits per heavy atom. The number of ether oxygens (including phenoxy) is 1. The number of amides is 1. The lowest BCUT2D eigenvalue weighted by Gasteiger charge is -2.30. The fourth-order valence-electron chi connectivity index (χ4n) is 3.44. The van der Waals surface area contributed by atoms with E-state index in [4.69, 9.17) is 0 Å². The SMILES string of the molecule is O=C1Nc2nccc(-c3cc(C(F)(F)F)cc(N4CCNCC4)n3)c2[C@@H](C(F)F)O1. The van der Waals surface area contributed by atoms with Crippen LogP contribution in [0.3, 0.4) is 0 Å². The molecule has 1 atom stereocenters. The van der Waals surface area contributed by atoms with Gasteiger partial charge in [0.15, 0.2) is 6.10 Å².